The van der Waals surface area contributed by atoms with Crippen molar-refractivity contribution in [2.45, 2.75) is 9.77 Å². The second-order valence-electron chi connectivity index (χ2n) is 5.39. The van der Waals surface area contributed by atoms with Gasteiger partial charge in [-0.05, 0) is 35.4 Å². The van der Waals surface area contributed by atoms with E-state index in [4.69, 9.17) is 5.73 Å². The smallest absolute Gasteiger partial charge is 0.140 e. The van der Waals surface area contributed by atoms with Crippen molar-refractivity contribution in [3.05, 3.63) is 90.0 Å². The summed E-state index contributed by atoms with van der Waals surface area (Å²) < 4.78 is 0. The van der Waals surface area contributed by atoms with Crippen molar-refractivity contribution >= 4 is 23.1 Å². The van der Waals surface area contributed by atoms with E-state index in [1.807, 2.05) is 30.0 Å². The number of thioether (sulfide) groups is 1. The van der Waals surface area contributed by atoms with Crippen molar-refractivity contribution in [2.24, 2.45) is 0 Å². The molecule has 0 bridgehead atoms. The molecular weight excluding hydrogens is 288 g/mol. The Hall–Kier alpha value is -2.39. The summed E-state index contributed by atoms with van der Waals surface area (Å²) in [6.45, 7) is 0. The molecule has 0 spiro atoms. The number of benzene rings is 3. The lowest BCUT2D eigenvalue weighted by atomic mass is 9.97. The van der Waals surface area contributed by atoms with Crippen molar-refractivity contribution in [3.63, 3.8) is 0 Å². The number of fused-ring (bicyclic) bond motifs is 1. The van der Waals surface area contributed by atoms with Crippen LogP contribution in [0.5, 0.6) is 0 Å². The van der Waals surface area contributed by atoms with Gasteiger partial charge < -0.3 is 11.1 Å². The number of nitrogen functional groups attached to an aromatic ring is 1. The van der Waals surface area contributed by atoms with E-state index in [0.29, 0.717) is 0 Å². The molecular formula is C19H16N2S. The molecule has 3 heteroatoms. The molecule has 22 heavy (non-hydrogen) atoms. The molecule has 108 valence electrons. The van der Waals surface area contributed by atoms with Gasteiger partial charge >= 0.3 is 0 Å². The SMILES string of the molecule is Nc1ccc([C@@]2(c3ccccc3)Nc3ccccc3S2)cc1. The highest BCUT2D eigenvalue weighted by Gasteiger charge is 2.40. The first-order chi connectivity index (χ1) is 10.8. The van der Waals surface area contributed by atoms with Crippen LogP contribution in [0, 0.1) is 0 Å². The minimum absolute atomic E-state index is 0.307. The zero-order chi connectivity index (χ0) is 15.0. The Bertz CT molecular complexity index is 772. The molecule has 1 aliphatic rings. The highest BCUT2D eigenvalue weighted by Crippen LogP contribution is 2.54. The first-order valence-corrected chi connectivity index (χ1v) is 8.07. The van der Waals surface area contributed by atoms with Crippen LogP contribution in [-0.4, -0.2) is 0 Å². The molecule has 0 amide bonds. The van der Waals surface area contributed by atoms with E-state index >= 15 is 0 Å². The van der Waals surface area contributed by atoms with Crippen LogP contribution in [0.3, 0.4) is 0 Å². The van der Waals surface area contributed by atoms with Gasteiger partial charge in [-0.3, -0.25) is 0 Å². The third kappa shape index (κ3) is 2.06. The first kappa shape index (κ1) is 13.3. The lowest BCUT2D eigenvalue weighted by molar-refractivity contribution is 0.873. The molecule has 0 aromatic heterocycles. The van der Waals surface area contributed by atoms with Crippen LogP contribution in [0.2, 0.25) is 0 Å². The summed E-state index contributed by atoms with van der Waals surface area (Å²) in [6.07, 6.45) is 0. The summed E-state index contributed by atoms with van der Waals surface area (Å²) in [4.78, 5) is 0.960. The number of anilines is 2. The Morgan fingerprint density at radius 1 is 0.727 bits per heavy atom. The molecule has 0 saturated heterocycles. The van der Waals surface area contributed by atoms with Gasteiger partial charge in [-0.15, -0.1) is 0 Å². The topological polar surface area (TPSA) is 38.0 Å². The maximum absolute atomic E-state index is 5.86. The van der Waals surface area contributed by atoms with E-state index in [-0.39, 0.29) is 4.87 Å². The summed E-state index contributed by atoms with van der Waals surface area (Å²) >= 11 is 1.84. The van der Waals surface area contributed by atoms with E-state index in [1.54, 1.807) is 0 Å². The fraction of sp³-hybridized carbons (Fsp3) is 0.0526. The number of hydrogen-bond donors (Lipinski definition) is 2. The Labute approximate surface area is 134 Å². The van der Waals surface area contributed by atoms with Crippen molar-refractivity contribution in [2.75, 3.05) is 11.1 Å². The van der Waals surface area contributed by atoms with Gasteiger partial charge in [0.1, 0.15) is 4.87 Å². The Morgan fingerprint density at radius 3 is 2.09 bits per heavy atom. The quantitative estimate of drug-likeness (QED) is 0.675. The van der Waals surface area contributed by atoms with Gasteiger partial charge in [0.2, 0.25) is 0 Å². The van der Waals surface area contributed by atoms with Gasteiger partial charge in [0.15, 0.2) is 0 Å². The van der Waals surface area contributed by atoms with E-state index in [0.717, 1.165) is 5.69 Å². The van der Waals surface area contributed by atoms with E-state index < -0.39 is 0 Å². The number of para-hydroxylation sites is 1. The number of hydrogen-bond acceptors (Lipinski definition) is 3. The molecule has 0 saturated carbocycles. The Kier molecular flexibility index (Phi) is 3.09. The summed E-state index contributed by atoms with van der Waals surface area (Å²) in [5.74, 6) is 0. The minimum atomic E-state index is -0.307. The number of rotatable bonds is 2. The zero-order valence-electron chi connectivity index (χ0n) is 12.0. The summed E-state index contributed by atoms with van der Waals surface area (Å²) in [5, 5.41) is 3.72. The maximum atomic E-state index is 5.86. The third-order valence-electron chi connectivity index (χ3n) is 3.96. The summed E-state index contributed by atoms with van der Waals surface area (Å²) in [5.41, 5.74) is 10.3. The molecule has 0 unspecified atom stereocenters. The van der Waals surface area contributed by atoms with Gasteiger partial charge in [-0.1, -0.05) is 66.4 Å². The second kappa shape index (κ2) is 5.11. The lowest BCUT2D eigenvalue weighted by Crippen LogP contribution is -2.29. The molecule has 1 atom stereocenters. The second-order valence-corrected chi connectivity index (χ2v) is 6.65. The monoisotopic (exact) mass is 304 g/mol. The summed E-state index contributed by atoms with van der Waals surface area (Å²) in [6, 6.07) is 27.1. The summed E-state index contributed by atoms with van der Waals surface area (Å²) in [7, 11) is 0. The largest absolute Gasteiger partial charge is 0.399 e. The van der Waals surface area contributed by atoms with Crippen LogP contribution in [0.1, 0.15) is 11.1 Å². The van der Waals surface area contributed by atoms with Crippen LogP contribution in [-0.2, 0) is 4.87 Å². The van der Waals surface area contributed by atoms with Crippen LogP contribution in [0.25, 0.3) is 0 Å². The Balaban J connectivity index is 1.89. The third-order valence-corrected chi connectivity index (χ3v) is 5.41. The maximum Gasteiger partial charge on any atom is 0.140 e. The molecule has 0 radical (unpaired) electrons. The van der Waals surface area contributed by atoms with Gasteiger partial charge in [-0.25, -0.2) is 0 Å². The molecule has 0 aliphatic carbocycles. The Morgan fingerprint density at radius 2 is 1.36 bits per heavy atom. The average molecular weight is 304 g/mol. The van der Waals surface area contributed by atoms with Crippen molar-refractivity contribution in [1.82, 2.24) is 0 Å². The van der Waals surface area contributed by atoms with Crippen molar-refractivity contribution in [3.8, 4) is 0 Å². The molecule has 3 aromatic rings. The average Bonchev–Trinajstić information content (AvgIpc) is 2.97. The van der Waals surface area contributed by atoms with Crippen LogP contribution in [0.15, 0.2) is 83.8 Å². The normalized spacial score (nSPS) is 19.5. The van der Waals surface area contributed by atoms with Gasteiger partial charge in [0.05, 0.1) is 0 Å². The van der Waals surface area contributed by atoms with E-state index in [1.165, 1.54) is 21.7 Å². The molecule has 2 nitrogen and oxygen atoms in total. The predicted molar refractivity (Wildman–Crippen MR) is 94.0 cm³/mol. The van der Waals surface area contributed by atoms with Gasteiger partial charge in [0, 0.05) is 16.3 Å². The van der Waals surface area contributed by atoms with Crippen LogP contribution < -0.4 is 11.1 Å². The van der Waals surface area contributed by atoms with Crippen molar-refractivity contribution < 1.29 is 0 Å². The molecule has 0 fully saturated rings. The van der Waals surface area contributed by atoms with Crippen LogP contribution >= 0.6 is 11.8 Å². The van der Waals surface area contributed by atoms with Gasteiger partial charge in [-0.2, -0.15) is 0 Å². The van der Waals surface area contributed by atoms with Gasteiger partial charge in [0.25, 0.3) is 0 Å². The molecule has 4 rings (SSSR count). The molecule has 1 heterocycles. The number of nitrogens with one attached hydrogen (secondary N) is 1. The highest BCUT2D eigenvalue weighted by molar-refractivity contribution is 8.01. The fourth-order valence-electron chi connectivity index (χ4n) is 2.86. The van der Waals surface area contributed by atoms with Crippen molar-refractivity contribution in [1.29, 1.82) is 0 Å². The predicted octanol–water partition coefficient (Wildman–Crippen LogP) is 4.69. The van der Waals surface area contributed by atoms with Crippen LogP contribution in [0.4, 0.5) is 11.4 Å². The zero-order valence-corrected chi connectivity index (χ0v) is 12.8. The first-order valence-electron chi connectivity index (χ1n) is 7.26. The fourth-order valence-corrected chi connectivity index (χ4v) is 4.23. The highest BCUT2D eigenvalue weighted by atomic mass is 32.2. The van der Waals surface area contributed by atoms with E-state index in [2.05, 4.69) is 66.0 Å². The molecule has 1 aliphatic heterocycles. The number of nitrogens with two attached hydrogens (primary N) is 1. The minimum Gasteiger partial charge on any atom is -0.399 e. The molecule has 3 N–H and O–H groups in total. The standard InChI is InChI=1S/C19H16N2S/c20-16-12-10-15(11-13-16)19(14-6-2-1-3-7-14)21-17-8-4-5-9-18(17)22-19/h1-13,21H,20H2/t19-/m0/s1. The lowest BCUT2D eigenvalue weighted by Gasteiger charge is -2.30. The van der Waals surface area contributed by atoms with E-state index in [9.17, 15) is 0 Å². The molecule has 3 aromatic carbocycles.